The van der Waals surface area contributed by atoms with Gasteiger partial charge in [0.2, 0.25) is 0 Å². The first-order valence-corrected chi connectivity index (χ1v) is 30.1. The van der Waals surface area contributed by atoms with Gasteiger partial charge < -0.3 is 18.9 Å². The number of nitrogens with zero attached hydrogens (tertiary/aromatic N) is 2. The van der Waals surface area contributed by atoms with E-state index in [-0.39, 0.29) is 19.1 Å². The zero-order chi connectivity index (χ0) is 54.1. The van der Waals surface area contributed by atoms with E-state index in [0.29, 0.717) is 11.1 Å². The Morgan fingerprint density at radius 3 is 1.01 bits per heavy atom. The van der Waals surface area contributed by atoms with Crippen LogP contribution in [-0.4, -0.2) is 50.8 Å². The van der Waals surface area contributed by atoms with Crippen LogP contribution in [0.2, 0.25) is 0 Å². The van der Waals surface area contributed by atoms with E-state index in [4.69, 9.17) is 18.9 Å². The summed E-state index contributed by atoms with van der Waals surface area (Å²) in [6.45, 7) is 6.11. The Labute approximate surface area is 464 Å². The highest BCUT2D eigenvalue weighted by Gasteiger charge is 2.19. The number of carbonyl (C=O) groups is 2. The lowest BCUT2D eigenvalue weighted by Crippen LogP contribution is -2.19. The van der Waals surface area contributed by atoms with Gasteiger partial charge >= 0.3 is 11.9 Å². The predicted molar refractivity (Wildman–Crippen MR) is 322 cm³/mol. The molecule has 0 heterocycles. The summed E-state index contributed by atoms with van der Waals surface area (Å²) >= 11 is 0. The van der Waals surface area contributed by atoms with E-state index < -0.39 is 11.9 Å². The molecule has 8 nitrogen and oxygen atoms in total. The monoisotopic (exact) mass is 1050 g/mol. The van der Waals surface area contributed by atoms with Crippen molar-refractivity contribution in [3.63, 3.8) is 0 Å². The van der Waals surface area contributed by atoms with Gasteiger partial charge in [-0.05, 0) is 102 Å². The largest absolute Gasteiger partial charge is 0.494 e. The Balaban J connectivity index is 0.937. The standard InChI is InChI=1S/C69H94N2O6/c1-3-5-7-9-11-13-15-17-19-21-23-25-27-32-52-74-66-48-44-64(45-49-66)70-54-58-36-40-61(41-37-58)68(72)76-56-63(60-34-30-29-31-35-60)57-77-69(73)62-42-38-59(39-43-62)55-71-65-46-50-67(51-47-65)75-53-33-28-26-24-22-20-18-16-14-12-10-8-6-4-2/h29-31,34-51,54-55,63H,3-28,32-33,52-53,56-57H2,1-2H3. The lowest BCUT2D eigenvalue weighted by Gasteiger charge is -2.18. The molecule has 0 aliphatic carbocycles. The van der Waals surface area contributed by atoms with Gasteiger partial charge in [-0.25, -0.2) is 9.59 Å². The van der Waals surface area contributed by atoms with Crippen molar-refractivity contribution in [2.75, 3.05) is 26.4 Å². The predicted octanol–water partition coefficient (Wildman–Crippen LogP) is 19.7. The molecule has 0 spiro atoms. The molecule has 0 aromatic heterocycles. The van der Waals surface area contributed by atoms with Gasteiger partial charge in [-0.15, -0.1) is 0 Å². The highest BCUT2D eigenvalue weighted by Crippen LogP contribution is 2.23. The molecule has 0 aliphatic heterocycles. The molecule has 0 saturated heterocycles. The Morgan fingerprint density at radius 1 is 0.377 bits per heavy atom. The number of carbonyl (C=O) groups excluding carboxylic acids is 2. The maximum absolute atomic E-state index is 13.2. The van der Waals surface area contributed by atoms with Crippen molar-refractivity contribution < 1.29 is 28.5 Å². The highest BCUT2D eigenvalue weighted by molar-refractivity contribution is 5.92. The van der Waals surface area contributed by atoms with Crippen molar-refractivity contribution in [2.45, 2.75) is 200 Å². The summed E-state index contributed by atoms with van der Waals surface area (Å²) in [6.07, 6.45) is 41.2. The van der Waals surface area contributed by atoms with Crippen molar-refractivity contribution in [3.05, 3.63) is 155 Å². The van der Waals surface area contributed by atoms with Gasteiger partial charge in [-0.2, -0.15) is 0 Å². The second kappa shape index (κ2) is 40.2. The molecule has 8 heteroatoms. The fourth-order valence-electron chi connectivity index (χ4n) is 9.42. The molecule has 5 aromatic rings. The first kappa shape index (κ1) is 61.8. The van der Waals surface area contributed by atoms with Crippen LogP contribution in [0, 0.1) is 0 Å². The van der Waals surface area contributed by atoms with Gasteiger partial charge in [0.25, 0.3) is 0 Å². The molecule has 0 atom stereocenters. The van der Waals surface area contributed by atoms with E-state index in [1.54, 1.807) is 36.7 Å². The number of aliphatic imine (C=N–C) groups is 2. The van der Waals surface area contributed by atoms with E-state index in [9.17, 15) is 9.59 Å². The lowest BCUT2D eigenvalue weighted by atomic mass is 10.0. The van der Waals surface area contributed by atoms with Crippen LogP contribution in [0.4, 0.5) is 11.4 Å². The second-order valence-corrected chi connectivity index (χ2v) is 20.9. The first-order chi connectivity index (χ1) is 38.0. The number of ether oxygens (including phenoxy) is 4. The zero-order valence-electron chi connectivity index (χ0n) is 47.3. The molecule has 77 heavy (non-hydrogen) atoms. The molecule has 5 aromatic carbocycles. The molecule has 0 amide bonds. The van der Waals surface area contributed by atoms with E-state index in [1.807, 2.05) is 103 Å². The third-order valence-electron chi connectivity index (χ3n) is 14.3. The van der Waals surface area contributed by atoms with Crippen LogP contribution in [0.3, 0.4) is 0 Å². The van der Waals surface area contributed by atoms with Gasteiger partial charge in [0.15, 0.2) is 0 Å². The van der Waals surface area contributed by atoms with Crippen LogP contribution in [0.1, 0.15) is 237 Å². The molecular weight excluding hydrogens is 953 g/mol. The first-order valence-electron chi connectivity index (χ1n) is 30.1. The summed E-state index contributed by atoms with van der Waals surface area (Å²) in [5, 5.41) is 0. The number of hydrogen-bond donors (Lipinski definition) is 0. The summed E-state index contributed by atoms with van der Waals surface area (Å²) in [5.74, 6) is 0.443. The molecule has 0 bridgehead atoms. The minimum atomic E-state index is -0.456. The van der Waals surface area contributed by atoms with Crippen LogP contribution < -0.4 is 9.47 Å². The summed E-state index contributed by atoms with van der Waals surface area (Å²) in [5.41, 5.74) is 5.10. The summed E-state index contributed by atoms with van der Waals surface area (Å²) < 4.78 is 23.6. The van der Waals surface area contributed by atoms with Crippen LogP contribution in [0.15, 0.2) is 137 Å². The Morgan fingerprint density at radius 2 is 0.688 bits per heavy atom. The van der Waals surface area contributed by atoms with Crippen LogP contribution in [-0.2, 0) is 9.47 Å². The number of benzene rings is 5. The van der Waals surface area contributed by atoms with Crippen LogP contribution >= 0.6 is 0 Å². The Hall–Kier alpha value is -6.02. The number of esters is 2. The average Bonchev–Trinajstić information content (AvgIpc) is 3.47. The van der Waals surface area contributed by atoms with E-state index in [0.717, 1.165) is 65.6 Å². The highest BCUT2D eigenvalue weighted by atomic mass is 16.5. The summed E-state index contributed by atoms with van der Waals surface area (Å²) in [4.78, 5) is 35.7. The van der Waals surface area contributed by atoms with Gasteiger partial charge in [0.05, 0.1) is 41.6 Å². The van der Waals surface area contributed by atoms with Crippen LogP contribution in [0.5, 0.6) is 11.5 Å². The third kappa shape index (κ3) is 27.7. The SMILES string of the molecule is CCCCCCCCCCCCCCCCOc1ccc(N=Cc2ccc(C(=O)OCC(COC(=O)c3ccc(C=Nc4ccc(OCCCCCCCCCCCCCCCC)cc4)cc3)c3ccccc3)cc2)cc1. The average molecular weight is 1050 g/mol. The van der Waals surface area contributed by atoms with Gasteiger partial charge in [-0.3, -0.25) is 9.98 Å². The quantitative estimate of drug-likeness (QED) is 0.0219. The molecule has 0 unspecified atom stereocenters. The lowest BCUT2D eigenvalue weighted by molar-refractivity contribution is 0.0347. The van der Waals surface area contributed by atoms with Gasteiger partial charge in [0.1, 0.15) is 24.7 Å². The molecule has 0 radical (unpaired) electrons. The topological polar surface area (TPSA) is 95.8 Å². The van der Waals surface area contributed by atoms with Gasteiger partial charge in [-0.1, -0.05) is 235 Å². The molecule has 0 N–H and O–H groups in total. The smallest absolute Gasteiger partial charge is 0.338 e. The Bertz CT molecular complexity index is 2180. The fraction of sp³-hybridized carbons (Fsp3) is 0.507. The van der Waals surface area contributed by atoms with E-state index in [2.05, 4.69) is 23.8 Å². The van der Waals surface area contributed by atoms with Crippen molar-refractivity contribution in [2.24, 2.45) is 9.98 Å². The van der Waals surface area contributed by atoms with Crippen molar-refractivity contribution in [1.82, 2.24) is 0 Å². The van der Waals surface area contributed by atoms with Crippen molar-refractivity contribution in [3.8, 4) is 11.5 Å². The maximum atomic E-state index is 13.2. The number of rotatable bonds is 43. The van der Waals surface area contributed by atoms with Crippen molar-refractivity contribution >= 4 is 35.7 Å². The van der Waals surface area contributed by atoms with E-state index in [1.165, 1.54) is 167 Å². The molecule has 0 saturated carbocycles. The second-order valence-electron chi connectivity index (χ2n) is 20.9. The van der Waals surface area contributed by atoms with Crippen molar-refractivity contribution in [1.29, 1.82) is 0 Å². The van der Waals surface area contributed by atoms with Gasteiger partial charge in [0, 0.05) is 12.4 Å². The fourth-order valence-corrected chi connectivity index (χ4v) is 9.42. The molecule has 416 valence electrons. The Kier molecular flexibility index (Phi) is 32.3. The minimum absolute atomic E-state index is 0.0422. The van der Waals surface area contributed by atoms with E-state index >= 15 is 0 Å². The normalized spacial score (nSPS) is 11.8. The van der Waals surface area contributed by atoms with Crippen LogP contribution in [0.25, 0.3) is 0 Å². The number of unbranched alkanes of at least 4 members (excludes halogenated alkanes) is 26. The summed E-state index contributed by atoms with van der Waals surface area (Å²) in [7, 11) is 0. The molecule has 5 rings (SSSR count). The number of hydrogen-bond acceptors (Lipinski definition) is 8. The zero-order valence-corrected chi connectivity index (χ0v) is 47.3. The summed E-state index contributed by atoms with van der Waals surface area (Å²) in [6, 6.07) is 39.6. The minimum Gasteiger partial charge on any atom is -0.494 e. The maximum Gasteiger partial charge on any atom is 0.338 e. The molecule has 0 fully saturated rings. The molecule has 0 aliphatic rings. The third-order valence-corrected chi connectivity index (χ3v) is 14.3. The molecular formula is C69H94N2O6.